The van der Waals surface area contributed by atoms with E-state index in [9.17, 15) is 4.79 Å². The van der Waals surface area contributed by atoms with E-state index in [1.165, 1.54) is 6.20 Å². The van der Waals surface area contributed by atoms with Crippen LogP contribution >= 0.6 is 11.6 Å². The minimum absolute atomic E-state index is 0.0450. The van der Waals surface area contributed by atoms with Crippen molar-refractivity contribution in [2.75, 3.05) is 28.2 Å². The Balaban J connectivity index is 1.53. The van der Waals surface area contributed by atoms with Gasteiger partial charge in [-0.3, -0.25) is 15.2 Å². The average Bonchev–Trinajstić information content (AvgIpc) is 3.12. The van der Waals surface area contributed by atoms with Crippen LogP contribution in [0.4, 0.5) is 22.2 Å². The van der Waals surface area contributed by atoms with Gasteiger partial charge in [-0.05, 0) is 43.7 Å². The molecular weight excluding hydrogens is 390 g/mol. The van der Waals surface area contributed by atoms with E-state index in [1.807, 2.05) is 31.2 Å². The number of hydrogen-bond acceptors (Lipinski definition) is 6. The van der Waals surface area contributed by atoms with Gasteiger partial charge in [0.25, 0.3) is 0 Å². The number of fused-ring (bicyclic) bond motifs is 4. The Morgan fingerprint density at radius 1 is 1.17 bits per heavy atom. The molecule has 1 unspecified atom stereocenters. The Kier molecular flexibility index (Phi) is 4.28. The van der Waals surface area contributed by atoms with Crippen LogP contribution in [-0.4, -0.2) is 45.1 Å². The lowest BCUT2D eigenvalue weighted by atomic mass is 10.1. The second kappa shape index (κ2) is 6.97. The van der Waals surface area contributed by atoms with E-state index in [2.05, 4.69) is 25.2 Å². The molecule has 5 heterocycles. The number of urea groups is 1. The largest absolute Gasteiger partial charge is 0.366 e. The number of aryl methyl sites for hydroxylation is 1. The highest BCUT2D eigenvalue weighted by Crippen LogP contribution is 2.40. The molecule has 3 aromatic heterocycles. The van der Waals surface area contributed by atoms with Crippen LogP contribution < -0.4 is 15.1 Å². The maximum atomic E-state index is 13.2. The second-order valence-corrected chi connectivity index (χ2v) is 7.50. The minimum Gasteiger partial charge on any atom is -0.366 e. The Bertz CT molecular complexity index is 1110. The van der Waals surface area contributed by atoms with Gasteiger partial charge in [0.15, 0.2) is 5.82 Å². The molecule has 0 aliphatic carbocycles. The van der Waals surface area contributed by atoms with Crippen LogP contribution in [0.2, 0.25) is 5.15 Å². The molecule has 29 heavy (non-hydrogen) atoms. The van der Waals surface area contributed by atoms with Crippen LogP contribution in [-0.2, 0) is 0 Å². The first-order valence-electron chi connectivity index (χ1n) is 9.36. The van der Waals surface area contributed by atoms with Crippen LogP contribution in [0.3, 0.4) is 0 Å². The number of anilines is 3. The van der Waals surface area contributed by atoms with Gasteiger partial charge in [-0.25, -0.2) is 19.7 Å². The molecule has 8 nitrogen and oxygen atoms in total. The van der Waals surface area contributed by atoms with Crippen molar-refractivity contribution in [2.24, 2.45) is 0 Å². The van der Waals surface area contributed by atoms with E-state index in [0.717, 1.165) is 42.1 Å². The minimum atomic E-state index is -0.310. The third-order valence-electron chi connectivity index (χ3n) is 5.20. The van der Waals surface area contributed by atoms with E-state index in [1.54, 1.807) is 17.2 Å². The van der Waals surface area contributed by atoms with Crippen molar-refractivity contribution in [1.29, 1.82) is 0 Å². The summed E-state index contributed by atoms with van der Waals surface area (Å²) in [6.07, 6.45) is 4.15. The summed E-state index contributed by atoms with van der Waals surface area (Å²) in [5, 5.41) is 3.03. The van der Waals surface area contributed by atoms with Crippen molar-refractivity contribution < 1.29 is 4.79 Å². The molecule has 3 aromatic rings. The summed E-state index contributed by atoms with van der Waals surface area (Å²) < 4.78 is 0. The van der Waals surface area contributed by atoms with Gasteiger partial charge in [-0.2, -0.15) is 0 Å². The van der Waals surface area contributed by atoms with Crippen molar-refractivity contribution in [2.45, 2.75) is 19.4 Å². The third-order valence-corrected chi connectivity index (χ3v) is 5.41. The number of carbonyl (C=O) groups is 1. The van der Waals surface area contributed by atoms with Crippen molar-refractivity contribution in [3.8, 4) is 11.3 Å². The first-order valence-corrected chi connectivity index (χ1v) is 9.74. The van der Waals surface area contributed by atoms with E-state index >= 15 is 0 Å². The lowest BCUT2D eigenvalue weighted by molar-refractivity contribution is 0.254. The molecule has 1 fully saturated rings. The Morgan fingerprint density at radius 2 is 2.03 bits per heavy atom. The van der Waals surface area contributed by atoms with Gasteiger partial charge in [0, 0.05) is 36.7 Å². The molecular formula is C20H18ClN7O. The monoisotopic (exact) mass is 407 g/mol. The highest BCUT2D eigenvalue weighted by molar-refractivity contribution is 6.29. The summed E-state index contributed by atoms with van der Waals surface area (Å²) in [6.45, 7) is 3.62. The zero-order valence-electron chi connectivity index (χ0n) is 15.7. The molecule has 2 amide bonds. The predicted octanol–water partition coefficient (Wildman–Crippen LogP) is 3.53. The van der Waals surface area contributed by atoms with E-state index in [-0.39, 0.29) is 23.2 Å². The molecule has 2 bridgehead atoms. The van der Waals surface area contributed by atoms with Crippen LogP contribution in [0, 0.1) is 6.92 Å². The Morgan fingerprint density at radius 3 is 2.86 bits per heavy atom. The zero-order valence-corrected chi connectivity index (χ0v) is 16.5. The number of hydrogen-bond donors (Lipinski definition) is 1. The topological polar surface area (TPSA) is 87.1 Å². The number of pyridine rings is 2. The number of nitrogens with one attached hydrogen (secondary N) is 1. The molecule has 2 aliphatic rings. The lowest BCUT2D eigenvalue weighted by Gasteiger charge is -2.35. The summed E-state index contributed by atoms with van der Waals surface area (Å²) in [5.41, 5.74) is 3.63. The number of amides is 2. The average molecular weight is 408 g/mol. The Labute approximate surface area is 172 Å². The van der Waals surface area contributed by atoms with Gasteiger partial charge >= 0.3 is 6.03 Å². The van der Waals surface area contributed by atoms with Crippen LogP contribution in [0.1, 0.15) is 12.1 Å². The highest BCUT2D eigenvalue weighted by Gasteiger charge is 2.40. The van der Waals surface area contributed by atoms with Crippen LogP contribution in [0.15, 0.2) is 42.7 Å². The maximum Gasteiger partial charge on any atom is 0.330 e. The number of carbonyl (C=O) groups excluding carboxylic acids is 1. The summed E-state index contributed by atoms with van der Waals surface area (Å²) in [7, 11) is 0. The molecule has 0 spiro atoms. The summed E-state index contributed by atoms with van der Waals surface area (Å²) in [6, 6.07) is 9.22. The molecule has 146 valence electrons. The van der Waals surface area contributed by atoms with Gasteiger partial charge in [0.2, 0.25) is 5.95 Å². The number of nitrogens with zero attached hydrogens (tertiary/aromatic N) is 6. The third kappa shape index (κ3) is 3.25. The molecule has 1 atom stereocenters. The van der Waals surface area contributed by atoms with E-state index < -0.39 is 0 Å². The molecule has 0 aromatic carbocycles. The first kappa shape index (κ1) is 17.8. The fourth-order valence-corrected chi connectivity index (χ4v) is 4.03. The first-order chi connectivity index (χ1) is 14.1. The lowest BCUT2D eigenvalue weighted by Crippen LogP contribution is -2.48. The molecule has 5 rings (SSSR count). The van der Waals surface area contributed by atoms with Crippen LogP contribution in [0.25, 0.3) is 11.3 Å². The zero-order chi connectivity index (χ0) is 20.0. The van der Waals surface area contributed by atoms with Gasteiger partial charge < -0.3 is 4.90 Å². The smallest absolute Gasteiger partial charge is 0.330 e. The molecule has 0 saturated carbocycles. The van der Waals surface area contributed by atoms with Gasteiger partial charge in [-0.1, -0.05) is 11.6 Å². The van der Waals surface area contributed by atoms with E-state index in [4.69, 9.17) is 16.6 Å². The van der Waals surface area contributed by atoms with E-state index in [0.29, 0.717) is 5.82 Å². The number of rotatable bonds is 2. The van der Waals surface area contributed by atoms with Crippen molar-refractivity contribution in [3.63, 3.8) is 0 Å². The Hall–Kier alpha value is -3.26. The number of aromatic nitrogens is 4. The standard InChI is InChI=1S/C20H18ClN7O/c1-12-10-13(4-7-22-12)15-2-3-16-18(24-15)28(14-6-9-27(16)11-14)20(29)26-19-23-8-5-17(21)25-19/h2-5,7-8,10,14H,6,9,11H2,1H3,(H,23,25,26,29). The molecule has 9 heteroatoms. The molecule has 1 saturated heterocycles. The SMILES string of the molecule is Cc1cc(-c2ccc3c(n2)N(C(=O)Nc2nccc(Cl)n2)C2CCN3C2)ccn1. The van der Waals surface area contributed by atoms with Gasteiger partial charge in [0.1, 0.15) is 5.15 Å². The quantitative estimate of drug-likeness (QED) is 0.654. The fraction of sp³-hybridized carbons (Fsp3) is 0.250. The van der Waals surface area contributed by atoms with Crippen molar-refractivity contribution in [1.82, 2.24) is 19.9 Å². The maximum absolute atomic E-state index is 13.2. The normalized spacial score (nSPS) is 17.2. The summed E-state index contributed by atoms with van der Waals surface area (Å²) >= 11 is 5.92. The number of halogens is 1. The fourth-order valence-electron chi connectivity index (χ4n) is 3.89. The molecule has 0 radical (unpaired) electrons. The van der Waals surface area contributed by atoms with Gasteiger partial charge in [0.05, 0.1) is 17.4 Å². The predicted molar refractivity (Wildman–Crippen MR) is 111 cm³/mol. The summed E-state index contributed by atoms with van der Waals surface area (Å²) in [5.74, 6) is 0.815. The molecule has 2 aliphatic heterocycles. The van der Waals surface area contributed by atoms with Crippen molar-refractivity contribution >= 4 is 35.1 Å². The van der Waals surface area contributed by atoms with Gasteiger partial charge in [-0.15, -0.1) is 0 Å². The second-order valence-electron chi connectivity index (χ2n) is 7.12. The highest BCUT2D eigenvalue weighted by atomic mass is 35.5. The van der Waals surface area contributed by atoms with Crippen molar-refractivity contribution in [3.05, 3.63) is 53.6 Å². The molecule has 1 N–H and O–H groups in total. The van der Waals surface area contributed by atoms with Crippen LogP contribution in [0.5, 0.6) is 0 Å². The summed E-state index contributed by atoms with van der Waals surface area (Å²) in [4.78, 5) is 34.4.